The van der Waals surface area contributed by atoms with E-state index >= 15 is 0 Å². The number of carbonyl (C=O) groups is 1. The third-order valence-electron chi connectivity index (χ3n) is 4.74. The van der Waals surface area contributed by atoms with E-state index in [9.17, 15) is 13.6 Å². The van der Waals surface area contributed by atoms with Crippen molar-refractivity contribution in [2.45, 2.75) is 6.92 Å². The van der Waals surface area contributed by atoms with E-state index in [1.807, 2.05) is 25.1 Å². The van der Waals surface area contributed by atoms with Crippen molar-refractivity contribution in [1.82, 2.24) is 15.0 Å². The van der Waals surface area contributed by atoms with Crippen LogP contribution < -0.4 is 10.6 Å². The van der Waals surface area contributed by atoms with Crippen molar-refractivity contribution < 1.29 is 13.6 Å². The third kappa shape index (κ3) is 5.62. The van der Waals surface area contributed by atoms with E-state index in [1.54, 1.807) is 36.8 Å². The predicted molar refractivity (Wildman–Crippen MR) is 124 cm³/mol. The summed E-state index contributed by atoms with van der Waals surface area (Å²) in [6.07, 6.45) is 7.73. The van der Waals surface area contributed by atoms with E-state index in [4.69, 9.17) is 0 Å². The fraction of sp³-hybridized carbons (Fsp3) is 0.0400. The lowest BCUT2D eigenvalue weighted by atomic mass is 10.1. The summed E-state index contributed by atoms with van der Waals surface area (Å²) in [5.74, 6) is -1.92. The maximum absolute atomic E-state index is 13.3. The van der Waals surface area contributed by atoms with Crippen molar-refractivity contribution in [3.63, 3.8) is 0 Å². The molecule has 0 fully saturated rings. The van der Waals surface area contributed by atoms with E-state index < -0.39 is 17.5 Å². The molecule has 0 atom stereocenters. The summed E-state index contributed by atoms with van der Waals surface area (Å²) in [5, 5.41) is 5.92. The first-order valence-electron chi connectivity index (χ1n) is 10.0. The van der Waals surface area contributed by atoms with Crippen LogP contribution in [0.2, 0.25) is 0 Å². The van der Waals surface area contributed by atoms with Gasteiger partial charge < -0.3 is 10.6 Å². The Hall–Kier alpha value is -4.46. The van der Waals surface area contributed by atoms with E-state index in [-0.39, 0.29) is 0 Å². The predicted octanol–water partition coefficient (Wildman–Crippen LogP) is 5.52. The van der Waals surface area contributed by atoms with E-state index in [2.05, 4.69) is 25.6 Å². The second-order valence-corrected chi connectivity index (χ2v) is 7.16. The van der Waals surface area contributed by atoms with Gasteiger partial charge in [0, 0.05) is 41.6 Å². The summed E-state index contributed by atoms with van der Waals surface area (Å²) in [5.41, 5.74) is 4.17. The van der Waals surface area contributed by atoms with Gasteiger partial charge in [0.15, 0.2) is 11.6 Å². The number of pyridine rings is 1. The molecule has 0 aliphatic carbocycles. The molecule has 164 valence electrons. The van der Waals surface area contributed by atoms with Crippen molar-refractivity contribution in [3.05, 3.63) is 102 Å². The minimum absolute atomic E-state index is 0.376. The lowest BCUT2D eigenvalue weighted by Gasteiger charge is -2.11. The van der Waals surface area contributed by atoms with Crippen molar-refractivity contribution in [2.75, 3.05) is 10.6 Å². The van der Waals surface area contributed by atoms with Crippen molar-refractivity contribution in [2.24, 2.45) is 0 Å². The summed E-state index contributed by atoms with van der Waals surface area (Å²) in [6.45, 7) is 1.92. The molecule has 0 spiro atoms. The summed E-state index contributed by atoms with van der Waals surface area (Å²) >= 11 is 0. The van der Waals surface area contributed by atoms with Crippen LogP contribution in [0.1, 0.15) is 11.1 Å². The van der Waals surface area contributed by atoms with Gasteiger partial charge in [-0.25, -0.2) is 18.7 Å². The average molecular weight is 443 g/mol. The molecule has 2 heterocycles. The van der Waals surface area contributed by atoms with Crippen molar-refractivity contribution >= 4 is 29.3 Å². The maximum Gasteiger partial charge on any atom is 0.248 e. The topological polar surface area (TPSA) is 79.8 Å². The van der Waals surface area contributed by atoms with Gasteiger partial charge >= 0.3 is 0 Å². The van der Waals surface area contributed by atoms with Gasteiger partial charge in [-0.3, -0.25) is 9.78 Å². The number of benzene rings is 2. The first-order valence-corrected chi connectivity index (χ1v) is 10.0. The van der Waals surface area contributed by atoms with Gasteiger partial charge in [0.1, 0.15) is 0 Å². The largest absolute Gasteiger partial charge is 0.324 e. The number of carbonyl (C=O) groups excluding carboxylic acids is 1. The lowest BCUT2D eigenvalue weighted by molar-refractivity contribution is -0.111. The highest BCUT2D eigenvalue weighted by Crippen LogP contribution is 2.24. The molecule has 6 nitrogen and oxygen atoms in total. The van der Waals surface area contributed by atoms with Gasteiger partial charge in [-0.15, -0.1) is 0 Å². The molecule has 1 amide bonds. The number of rotatable bonds is 6. The molecule has 0 saturated heterocycles. The lowest BCUT2D eigenvalue weighted by Crippen LogP contribution is -2.08. The molecule has 0 bridgehead atoms. The second-order valence-electron chi connectivity index (χ2n) is 7.16. The third-order valence-corrected chi connectivity index (χ3v) is 4.74. The smallest absolute Gasteiger partial charge is 0.248 e. The molecule has 8 heteroatoms. The first-order chi connectivity index (χ1) is 16.0. The van der Waals surface area contributed by atoms with Crippen LogP contribution in [0.15, 0.2) is 79.3 Å². The minimum atomic E-state index is -0.971. The Morgan fingerprint density at radius 3 is 2.67 bits per heavy atom. The Bertz CT molecular complexity index is 1330. The van der Waals surface area contributed by atoms with Gasteiger partial charge in [-0.2, -0.15) is 0 Å². The highest BCUT2D eigenvalue weighted by atomic mass is 19.2. The Labute approximate surface area is 189 Å². The zero-order valence-corrected chi connectivity index (χ0v) is 17.6. The van der Waals surface area contributed by atoms with Crippen molar-refractivity contribution in [3.8, 4) is 11.3 Å². The van der Waals surface area contributed by atoms with Gasteiger partial charge in [0.05, 0.1) is 5.69 Å². The molecule has 0 aliphatic heterocycles. The van der Waals surface area contributed by atoms with Gasteiger partial charge in [-0.05, 0) is 66.6 Å². The highest BCUT2D eigenvalue weighted by Gasteiger charge is 2.07. The fourth-order valence-electron chi connectivity index (χ4n) is 3.02. The quantitative estimate of drug-likeness (QED) is 0.384. The Balaban J connectivity index is 1.47. The minimum Gasteiger partial charge on any atom is -0.324 e. The molecule has 0 aliphatic rings. The summed E-state index contributed by atoms with van der Waals surface area (Å²) in [7, 11) is 0. The van der Waals surface area contributed by atoms with Crippen LogP contribution in [0.25, 0.3) is 17.3 Å². The summed E-state index contributed by atoms with van der Waals surface area (Å²) < 4.78 is 26.3. The van der Waals surface area contributed by atoms with E-state index in [0.717, 1.165) is 34.6 Å². The molecule has 4 rings (SSSR count). The molecule has 2 aromatic carbocycles. The van der Waals surface area contributed by atoms with Crippen LogP contribution in [0.4, 0.5) is 26.1 Å². The molecule has 0 radical (unpaired) electrons. The van der Waals surface area contributed by atoms with Crippen LogP contribution >= 0.6 is 0 Å². The van der Waals surface area contributed by atoms with E-state index in [0.29, 0.717) is 17.2 Å². The zero-order valence-electron chi connectivity index (χ0n) is 17.6. The van der Waals surface area contributed by atoms with Gasteiger partial charge in [0.2, 0.25) is 11.9 Å². The molecule has 0 unspecified atom stereocenters. The number of aryl methyl sites for hydroxylation is 1. The number of halogens is 2. The van der Waals surface area contributed by atoms with Gasteiger partial charge in [0.25, 0.3) is 0 Å². The van der Waals surface area contributed by atoms with Crippen LogP contribution in [0.3, 0.4) is 0 Å². The maximum atomic E-state index is 13.3. The highest BCUT2D eigenvalue weighted by molar-refractivity contribution is 6.02. The van der Waals surface area contributed by atoms with Crippen LogP contribution in [0.5, 0.6) is 0 Å². The summed E-state index contributed by atoms with van der Waals surface area (Å²) in [4.78, 5) is 25.2. The monoisotopic (exact) mass is 443 g/mol. The molecule has 4 aromatic rings. The van der Waals surface area contributed by atoms with Gasteiger partial charge in [-0.1, -0.05) is 12.1 Å². The average Bonchev–Trinajstić information content (AvgIpc) is 2.83. The SMILES string of the molecule is Cc1ccc(NC(=O)/C=C/c2ccc(F)c(F)c2)cc1Nc1nccc(-c2cccnc2)n1. The van der Waals surface area contributed by atoms with E-state index in [1.165, 1.54) is 18.2 Å². The number of hydrogen-bond donors (Lipinski definition) is 2. The number of amides is 1. The number of nitrogens with one attached hydrogen (secondary N) is 2. The zero-order chi connectivity index (χ0) is 23.2. The normalized spacial score (nSPS) is 10.9. The Morgan fingerprint density at radius 2 is 1.88 bits per heavy atom. The standard InChI is InChI=1S/C25H19F2N5O/c1-16-4-7-19(30-24(33)9-6-17-5-8-20(26)21(27)13-17)14-23(16)32-25-29-12-10-22(31-25)18-3-2-11-28-15-18/h2-15H,1H3,(H,30,33)(H,29,31,32)/b9-6+. The number of hydrogen-bond acceptors (Lipinski definition) is 5. The molecule has 33 heavy (non-hydrogen) atoms. The van der Waals surface area contributed by atoms with Crippen LogP contribution in [-0.2, 0) is 4.79 Å². The Morgan fingerprint density at radius 1 is 1.00 bits per heavy atom. The molecular weight excluding hydrogens is 424 g/mol. The molecule has 2 N–H and O–H groups in total. The number of aromatic nitrogens is 3. The van der Waals surface area contributed by atoms with Crippen LogP contribution in [0, 0.1) is 18.6 Å². The second kappa shape index (κ2) is 9.78. The first kappa shape index (κ1) is 21.8. The van der Waals surface area contributed by atoms with Crippen molar-refractivity contribution in [1.29, 1.82) is 0 Å². The molecule has 2 aromatic heterocycles. The van der Waals surface area contributed by atoms with Crippen LogP contribution in [-0.4, -0.2) is 20.9 Å². The molecule has 0 saturated carbocycles. The number of anilines is 3. The number of nitrogens with zero attached hydrogens (tertiary/aromatic N) is 3. The Kier molecular flexibility index (Phi) is 6.45. The summed E-state index contributed by atoms with van der Waals surface area (Å²) in [6, 6.07) is 14.3. The fourth-order valence-corrected chi connectivity index (χ4v) is 3.02. The molecular formula is C25H19F2N5O.